The fourth-order valence-corrected chi connectivity index (χ4v) is 1.78. The molecular formula is C15H15NO2S. The van der Waals surface area contributed by atoms with Crippen LogP contribution >= 0.6 is 12.2 Å². The highest BCUT2D eigenvalue weighted by Crippen LogP contribution is 2.18. The summed E-state index contributed by atoms with van der Waals surface area (Å²) in [5, 5.41) is 0. The summed E-state index contributed by atoms with van der Waals surface area (Å²) in [5.74, 6) is 1.60. The first kappa shape index (κ1) is 13.4. The zero-order valence-corrected chi connectivity index (χ0v) is 11.4. The average Bonchev–Trinajstić information content (AvgIpc) is 2.46. The Morgan fingerprint density at radius 1 is 1.11 bits per heavy atom. The van der Waals surface area contributed by atoms with Crippen molar-refractivity contribution in [2.45, 2.75) is 6.61 Å². The molecule has 0 unspecified atom stereocenters. The van der Waals surface area contributed by atoms with Crippen LogP contribution in [0.2, 0.25) is 0 Å². The Morgan fingerprint density at radius 3 is 2.42 bits per heavy atom. The van der Waals surface area contributed by atoms with Crippen LogP contribution in [0.25, 0.3) is 0 Å². The van der Waals surface area contributed by atoms with Crippen molar-refractivity contribution < 1.29 is 9.47 Å². The van der Waals surface area contributed by atoms with Crippen LogP contribution in [0.1, 0.15) is 11.1 Å². The first-order valence-corrected chi connectivity index (χ1v) is 6.25. The average molecular weight is 273 g/mol. The molecule has 0 heterocycles. The van der Waals surface area contributed by atoms with Gasteiger partial charge in [-0.2, -0.15) is 0 Å². The molecule has 2 aromatic rings. The lowest BCUT2D eigenvalue weighted by Gasteiger charge is -2.08. The van der Waals surface area contributed by atoms with Gasteiger partial charge in [0.05, 0.1) is 7.11 Å². The van der Waals surface area contributed by atoms with Crippen LogP contribution in [0.4, 0.5) is 0 Å². The van der Waals surface area contributed by atoms with E-state index in [0.29, 0.717) is 11.6 Å². The molecule has 0 aliphatic carbocycles. The molecule has 2 N–H and O–H groups in total. The number of nitrogens with two attached hydrogens (primary N) is 1. The Labute approximate surface area is 118 Å². The number of hydrogen-bond acceptors (Lipinski definition) is 3. The summed E-state index contributed by atoms with van der Waals surface area (Å²) in [6.45, 7) is 0.475. The molecule has 98 valence electrons. The Bertz CT molecular complexity index is 567. The number of rotatable bonds is 5. The number of benzene rings is 2. The minimum atomic E-state index is 0.395. The molecule has 0 atom stereocenters. The van der Waals surface area contributed by atoms with Gasteiger partial charge in [-0.25, -0.2) is 0 Å². The van der Waals surface area contributed by atoms with E-state index in [1.165, 1.54) is 0 Å². The van der Waals surface area contributed by atoms with E-state index >= 15 is 0 Å². The van der Waals surface area contributed by atoms with Gasteiger partial charge in [0, 0.05) is 5.56 Å². The van der Waals surface area contributed by atoms with Crippen molar-refractivity contribution in [2.75, 3.05) is 7.11 Å². The maximum atomic E-state index is 5.69. The molecule has 0 saturated heterocycles. The molecule has 0 aliphatic heterocycles. The van der Waals surface area contributed by atoms with Crippen LogP contribution in [0.5, 0.6) is 11.5 Å². The van der Waals surface area contributed by atoms with Gasteiger partial charge in [-0.3, -0.25) is 0 Å². The fraction of sp³-hybridized carbons (Fsp3) is 0.133. The number of methoxy groups -OCH3 is 1. The quantitative estimate of drug-likeness (QED) is 0.851. The van der Waals surface area contributed by atoms with Gasteiger partial charge in [0.25, 0.3) is 0 Å². The van der Waals surface area contributed by atoms with Crippen molar-refractivity contribution in [1.29, 1.82) is 0 Å². The predicted octanol–water partition coefficient (Wildman–Crippen LogP) is 2.91. The van der Waals surface area contributed by atoms with Crippen LogP contribution in [0.15, 0.2) is 48.5 Å². The molecule has 0 amide bonds. The summed E-state index contributed by atoms with van der Waals surface area (Å²) in [4.78, 5) is 0.395. The van der Waals surface area contributed by atoms with Crippen LogP contribution < -0.4 is 15.2 Å². The van der Waals surface area contributed by atoms with Crippen molar-refractivity contribution >= 4 is 17.2 Å². The molecule has 0 spiro atoms. The SMILES string of the molecule is COc1ccc(OCc2cccc(C(N)=S)c2)cc1. The fourth-order valence-electron chi connectivity index (χ4n) is 1.65. The minimum Gasteiger partial charge on any atom is -0.497 e. The monoisotopic (exact) mass is 273 g/mol. The summed E-state index contributed by atoms with van der Waals surface area (Å²) >= 11 is 4.95. The van der Waals surface area contributed by atoms with Crippen molar-refractivity contribution in [3.63, 3.8) is 0 Å². The van der Waals surface area contributed by atoms with Crippen molar-refractivity contribution in [1.82, 2.24) is 0 Å². The predicted molar refractivity (Wildman–Crippen MR) is 79.7 cm³/mol. The lowest BCUT2D eigenvalue weighted by atomic mass is 10.1. The third kappa shape index (κ3) is 3.69. The Morgan fingerprint density at radius 2 is 1.79 bits per heavy atom. The molecular weight excluding hydrogens is 258 g/mol. The largest absolute Gasteiger partial charge is 0.497 e. The van der Waals surface area contributed by atoms with E-state index in [1.54, 1.807) is 7.11 Å². The third-order valence-electron chi connectivity index (χ3n) is 2.68. The molecule has 2 aromatic carbocycles. The zero-order valence-electron chi connectivity index (χ0n) is 10.6. The van der Waals surface area contributed by atoms with Crippen LogP contribution in [0, 0.1) is 0 Å². The van der Waals surface area contributed by atoms with Gasteiger partial charge in [-0.1, -0.05) is 30.4 Å². The first-order valence-electron chi connectivity index (χ1n) is 5.84. The van der Waals surface area contributed by atoms with E-state index < -0.39 is 0 Å². The van der Waals surface area contributed by atoms with Gasteiger partial charge in [0.15, 0.2) is 0 Å². The lowest BCUT2D eigenvalue weighted by Crippen LogP contribution is -2.09. The topological polar surface area (TPSA) is 44.5 Å². The maximum Gasteiger partial charge on any atom is 0.120 e. The second-order valence-electron chi connectivity index (χ2n) is 4.03. The summed E-state index contributed by atoms with van der Waals surface area (Å²) < 4.78 is 10.8. The molecule has 4 heteroatoms. The Hall–Kier alpha value is -2.07. The first-order chi connectivity index (χ1) is 9.19. The molecule has 0 aromatic heterocycles. The standard InChI is InChI=1S/C15H15NO2S/c1-17-13-5-7-14(8-6-13)18-10-11-3-2-4-12(9-11)15(16)19/h2-9H,10H2,1H3,(H2,16,19). The second-order valence-corrected chi connectivity index (χ2v) is 4.47. The summed E-state index contributed by atoms with van der Waals surface area (Å²) in [6, 6.07) is 15.2. The molecule has 3 nitrogen and oxygen atoms in total. The van der Waals surface area contributed by atoms with Gasteiger partial charge in [0.2, 0.25) is 0 Å². The molecule has 0 saturated carbocycles. The maximum absolute atomic E-state index is 5.69. The minimum absolute atomic E-state index is 0.395. The van der Waals surface area contributed by atoms with Crippen molar-refractivity contribution in [3.05, 3.63) is 59.7 Å². The lowest BCUT2D eigenvalue weighted by molar-refractivity contribution is 0.305. The number of thiocarbonyl (C=S) groups is 1. The van der Waals surface area contributed by atoms with E-state index in [9.17, 15) is 0 Å². The highest BCUT2D eigenvalue weighted by molar-refractivity contribution is 7.80. The van der Waals surface area contributed by atoms with E-state index in [4.69, 9.17) is 27.4 Å². The number of hydrogen-bond donors (Lipinski definition) is 1. The van der Waals surface area contributed by atoms with Gasteiger partial charge >= 0.3 is 0 Å². The molecule has 0 bridgehead atoms. The summed E-state index contributed by atoms with van der Waals surface area (Å²) in [5.41, 5.74) is 7.48. The molecule has 2 rings (SSSR count). The van der Waals surface area contributed by atoms with E-state index in [1.807, 2.05) is 48.5 Å². The molecule has 0 aliphatic rings. The molecule has 0 fully saturated rings. The van der Waals surface area contributed by atoms with Crippen molar-refractivity contribution in [3.8, 4) is 11.5 Å². The molecule has 19 heavy (non-hydrogen) atoms. The molecule has 0 radical (unpaired) electrons. The number of ether oxygens (including phenoxy) is 2. The van der Waals surface area contributed by atoms with Gasteiger partial charge in [-0.05, 0) is 35.9 Å². The normalized spacial score (nSPS) is 9.95. The van der Waals surface area contributed by atoms with Crippen LogP contribution in [0.3, 0.4) is 0 Å². The smallest absolute Gasteiger partial charge is 0.120 e. The van der Waals surface area contributed by atoms with Crippen LogP contribution in [-0.4, -0.2) is 12.1 Å². The highest BCUT2D eigenvalue weighted by Gasteiger charge is 2.00. The summed E-state index contributed by atoms with van der Waals surface area (Å²) in [7, 11) is 1.64. The van der Waals surface area contributed by atoms with Gasteiger partial charge in [-0.15, -0.1) is 0 Å². The Kier molecular flexibility index (Phi) is 4.36. The van der Waals surface area contributed by atoms with E-state index in [0.717, 1.165) is 22.6 Å². The third-order valence-corrected chi connectivity index (χ3v) is 2.91. The highest BCUT2D eigenvalue weighted by atomic mass is 32.1. The van der Waals surface area contributed by atoms with E-state index in [-0.39, 0.29) is 0 Å². The van der Waals surface area contributed by atoms with Crippen LogP contribution in [-0.2, 0) is 6.61 Å². The second kappa shape index (κ2) is 6.20. The van der Waals surface area contributed by atoms with Gasteiger partial charge < -0.3 is 15.2 Å². The Balaban J connectivity index is 2.01. The summed E-state index contributed by atoms with van der Waals surface area (Å²) in [6.07, 6.45) is 0. The van der Waals surface area contributed by atoms with Gasteiger partial charge in [0.1, 0.15) is 23.1 Å². The van der Waals surface area contributed by atoms with E-state index in [2.05, 4.69) is 0 Å². The zero-order chi connectivity index (χ0) is 13.7. The van der Waals surface area contributed by atoms with Crippen molar-refractivity contribution in [2.24, 2.45) is 5.73 Å².